The minimum atomic E-state index is -1.15. The maximum absolute atomic E-state index is 14.1. The minimum absolute atomic E-state index is 0.0329. The van der Waals surface area contributed by atoms with Crippen molar-refractivity contribution >= 4 is 39.3 Å². The third kappa shape index (κ3) is 5.51. The van der Waals surface area contributed by atoms with Crippen molar-refractivity contribution in [2.45, 2.75) is 38.8 Å². The van der Waals surface area contributed by atoms with Gasteiger partial charge in [0.15, 0.2) is 0 Å². The third-order valence-corrected chi connectivity index (χ3v) is 7.30. The minimum Gasteiger partial charge on any atom is -0.350 e. The van der Waals surface area contributed by atoms with E-state index >= 15 is 0 Å². The van der Waals surface area contributed by atoms with Crippen LogP contribution in [0.15, 0.2) is 83.3 Å². The SMILES string of the molecule is CC(=O)N1CCC(C(=O)NCc2ccccc2)(N(C(=O)c2ccc(Br)cc2)c2ccc(C)cc2)CC1. The quantitative estimate of drug-likeness (QED) is 0.466. The first kappa shape index (κ1) is 25.6. The molecule has 0 aliphatic carbocycles. The molecule has 36 heavy (non-hydrogen) atoms. The zero-order valence-corrected chi connectivity index (χ0v) is 22.1. The van der Waals surface area contributed by atoms with Gasteiger partial charge in [-0.25, -0.2) is 0 Å². The summed E-state index contributed by atoms with van der Waals surface area (Å²) in [5.74, 6) is -0.507. The molecular formula is C29H30BrN3O3. The Balaban J connectivity index is 1.77. The van der Waals surface area contributed by atoms with Crippen LogP contribution in [0, 0.1) is 6.92 Å². The van der Waals surface area contributed by atoms with Crippen molar-refractivity contribution in [2.75, 3.05) is 18.0 Å². The number of carbonyl (C=O) groups excluding carboxylic acids is 3. The van der Waals surface area contributed by atoms with Gasteiger partial charge >= 0.3 is 0 Å². The predicted molar refractivity (Wildman–Crippen MR) is 145 cm³/mol. The Bertz CT molecular complexity index is 1220. The van der Waals surface area contributed by atoms with Gasteiger partial charge in [-0.1, -0.05) is 64.0 Å². The first-order valence-electron chi connectivity index (χ1n) is 12.0. The highest BCUT2D eigenvalue weighted by molar-refractivity contribution is 9.10. The fraction of sp³-hybridized carbons (Fsp3) is 0.276. The van der Waals surface area contributed by atoms with Crippen molar-refractivity contribution in [2.24, 2.45) is 0 Å². The molecule has 1 heterocycles. The highest BCUT2D eigenvalue weighted by Gasteiger charge is 2.49. The molecule has 186 valence electrons. The summed E-state index contributed by atoms with van der Waals surface area (Å²) in [6, 6.07) is 24.5. The monoisotopic (exact) mass is 547 g/mol. The van der Waals surface area contributed by atoms with Crippen molar-refractivity contribution in [3.63, 3.8) is 0 Å². The summed E-state index contributed by atoms with van der Waals surface area (Å²) >= 11 is 3.43. The van der Waals surface area contributed by atoms with E-state index in [1.165, 1.54) is 6.92 Å². The Hall–Kier alpha value is -3.45. The van der Waals surface area contributed by atoms with Crippen molar-refractivity contribution in [1.82, 2.24) is 10.2 Å². The van der Waals surface area contributed by atoms with E-state index in [4.69, 9.17) is 0 Å². The second kappa shape index (κ2) is 11.1. The second-order valence-electron chi connectivity index (χ2n) is 9.19. The van der Waals surface area contributed by atoms with Crippen LogP contribution in [0.4, 0.5) is 5.69 Å². The van der Waals surface area contributed by atoms with Crippen LogP contribution in [-0.4, -0.2) is 41.2 Å². The Morgan fingerprint density at radius 2 is 1.53 bits per heavy atom. The number of nitrogens with zero attached hydrogens (tertiary/aromatic N) is 2. The van der Waals surface area contributed by atoms with Crippen LogP contribution < -0.4 is 10.2 Å². The molecule has 0 radical (unpaired) electrons. The Morgan fingerprint density at radius 3 is 2.11 bits per heavy atom. The van der Waals surface area contributed by atoms with Gasteiger partial charge in [0, 0.05) is 42.3 Å². The van der Waals surface area contributed by atoms with Crippen LogP contribution in [0.25, 0.3) is 0 Å². The van der Waals surface area contributed by atoms with Gasteiger partial charge in [0.05, 0.1) is 0 Å². The van der Waals surface area contributed by atoms with Crippen molar-refractivity contribution in [3.8, 4) is 0 Å². The molecule has 0 bridgehead atoms. The number of carbonyl (C=O) groups is 3. The van der Waals surface area contributed by atoms with Crippen molar-refractivity contribution in [3.05, 3.63) is 100 Å². The van der Waals surface area contributed by atoms with Gasteiger partial charge in [0.25, 0.3) is 5.91 Å². The summed E-state index contributed by atoms with van der Waals surface area (Å²) in [5, 5.41) is 3.09. The topological polar surface area (TPSA) is 69.7 Å². The second-order valence-corrected chi connectivity index (χ2v) is 10.1. The van der Waals surface area contributed by atoms with Crippen LogP contribution in [0.2, 0.25) is 0 Å². The average Bonchev–Trinajstić information content (AvgIpc) is 2.89. The normalized spacial score (nSPS) is 14.7. The number of nitrogens with one attached hydrogen (secondary N) is 1. The molecule has 1 aliphatic rings. The zero-order valence-electron chi connectivity index (χ0n) is 20.5. The van der Waals surface area contributed by atoms with Crippen molar-refractivity contribution in [1.29, 1.82) is 0 Å². The molecule has 0 atom stereocenters. The van der Waals surface area contributed by atoms with E-state index in [9.17, 15) is 14.4 Å². The van der Waals surface area contributed by atoms with Gasteiger partial charge in [-0.2, -0.15) is 0 Å². The van der Waals surface area contributed by atoms with E-state index in [-0.39, 0.29) is 17.7 Å². The van der Waals surface area contributed by atoms with Crippen molar-refractivity contribution < 1.29 is 14.4 Å². The molecule has 3 amide bonds. The molecule has 1 N–H and O–H groups in total. The fourth-order valence-electron chi connectivity index (χ4n) is 4.66. The molecule has 0 unspecified atom stereocenters. The maximum Gasteiger partial charge on any atom is 0.259 e. The summed E-state index contributed by atoms with van der Waals surface area (Å²) in [4.78, 5) is 43.6. The standard InChI is InChI=1S/C29H30BrN3O3/c1-21-8-14-26(15-9-21)33(27(35)24-10-12-25(30)13-11-24)29(16-18-32(19-17-29)22(2)34)28(36)31-20-23-6-4-3-5-7-23/h3-15H,16-20H2,1-2H3,(H,31,36). The summed E-state index contributed by atoms with van der Waals surface area (Å²) in [7, 11) is 0. The number of rotatable bonds is 6. The summed E-state index contributed by atoms with van der Waals surface area (Å²) in [5.41, 5.74) is 2.02. The number of benzene rings is 3. The van der Waals surface area contributed by atoms with Gasteiger partial charge in [-0.05, 0) is 61.7 Å². The van der Waals surface area contributed by atoms with Gasteiger partial charge in [-0.15, -0.1) is 0 Å². The molecule has 4 rings (SSSR count). The molecule has 3 aromatic carbocycles. The van der Waals surface area contributed by atoms with Crippen LogP contribution in [0.5, 0.6) is 0 Å². The average molecular weight is 548 g/mol. The molecule has 0 spiro atoms. The number of aryl methyl sites for hydroxylation is 1. The van der Waals surface area contributed by atoms with E-state index in [0.29, 0.717) is 43.7 Å². The lowest BCUT2D eigenvalue weighted by Gasteiger charge is -2.47. The van der Waals surface area contributed by atoms with Crippen LogP contribution >= 0.6 is 15.9 Å². The fourth-order valence-corrected chi connectivity index (χ4v) is 4.92. The molecule has 0 saturated carbocycles. The smallest absolute Gasteiger partial charge is 0.259 e. The first-order chi connectivity index (χ1) is 17.3. The van der Waals surface area contributed by atoms with Crippen LogP contribution in [0.3, 0.4) is 0 Å². The van der Waals surface area contributed by atoms with Crippen LogP contribution in [-0.2, 0) is 16.1 Å². The van der Waals surface area contributed by atoms with Gasteiger partial charge < -0.3 is 10.2 Å². The number of hydrogen-bond donors (Lipinski definition) is 1. The first-order valence-corrected chi connectivity index (χ1v) is 12.8. The molecule has 1 saturated heterocycles. The molecule has 7 heteroatoms. The molecular weight excluding hydrogens is 518 g/mol. The lowest BCUT2D eigenvalue weighted by atomic mass is 9.83. The number of piperidine rings is 1. The zero-order chi connectivity index (χ0) is 25.7. The molecule has 3 aromatic rings. The third-order valence-electron chi connectivity index (χ3n) is 6.77. The highest BCUT2D eigenvalue weighted by Crippen LogP contribution is 2.36. The summed E-state index contributed by atoms with van der Waals surface area (Å²) in [6.07, 6.45) is 0.673. The molecule has 1 aliphatic heterocycles. The Labute approximate surface area is 220 Å². The lowest BCUT2D eigenvalue weighted by Crippen LogP contribution is -2.65. The van der Waals surface area contributed by atoms with E-state index in [0.717, 1.165) is 15.6 Å². The number of anilines is 1. The Kier molecular flexibility index (Phi) is 7.89. The van der Waals surface area contributed by atoms with Gasteiger partial charge in [0.2, 0.25) is 11.8 Å². The molecule has 6 nitrogen and oxygen atoms in total. The van der Waals surface area contributed by atoms with E-state index < -0.39 is 5.54 Å². The molecule has 0 aromatic heterocycles. The number of likely N-dealkylation sites (tertiary alicyclic amines) is 1. The Morgan fingerprint density at radius 1 is 0.917 bits per heavy atom. The lowest BCUT2D eigenvalue weighted by molar-refractivity contribution is -0.135. The highest BCUT2D eigenvalue weighted by atomic mass is 79.9. The summed E-state index contributed by atoms with van der Waals surface area (Å²) < 4.78 is 0.867. The number of halogens is 1. The predicted octanol–water partition coefficient (Wildman–Crippen LogP) is 5.10. The van der Waals surface area contributed by atoms with E-state index in [1.54, 1.807) is 21.9 Å². The largest absolute Gasteiger partial charge is 0.350 e. The van der Waals surface area contributed by atoms with Gasteiger partial charge in [0.1, 0.15) is 5.54 Å². The van der Waals surface area contributed by atoms with E-state index in [2.05, 4.69) is 21.2 Å². The molecule has 1 fully saturated rings. The summed E-state index contributed by atoms with van der Waals surface area (Å²) in [6.45, 7) is 4.66. The number of amides is 3. The van der Waals surface area contributed by atoms with Gasteiger partial charge in [-0.3, -0.25) is 19.3 Å². The maximum atomic E-state index is 14.1. The van der Waals surface area contributed by atoms with E-state index in [1.807, 2.05) is 73.7 Å². The van der Waals surface area contributed by atoms with Crippen LogP contribution in [0.1, 0.15) is 41.3 Å². The number of hydrogen-bond acceptors (Lipinski definition) is 3.